The van der Waals surface area contributed by atoms with E-state index in [-0.39, 0.29) is 5.91 Å². The maximum atomic E-state index is 13.5. The van der Waals surface area contributed by atoms with Crippen LogP contribution in [0.25, 0.3) is 5.65 Å². The van der Waals surface area contributed by atoms with Gasteiger partial charge in [0, 0.05) is 43.8 Å². The molecule has 0 aliphatic carbocycles. The number of carbonyl (C=O) groups is 1. The summed E-state index contributed by atoms with van der Waals surface area (Å²) in [7, 11) is 0. The summed E-state index contributed by atoms with van der Waals surface area (Å²) in [6.07, 6.45) is 11.9. The second kappa shape index (κ2) is 7.79. The summed E-state index contributed by atoms with van der Waals surface area (Å²) >= 11 is 0. The minimum Gasteiger partial charge on any atom is -0.338 e. The van der Waals surface area contributed by atoms with Crippen LogP contribution in [0.1, 0.15) is 41.6 Å². The first-order valence-corrected chi connectivity index (χ1v) is 11.8. The zero-order valence-corrected chi connectivity index (χ0v) is 17.9. The second-order valence-corrected chi connectivity index (χ2v) is 9.63. The number of aromatic nitrogens is 2. The van der Waals surface area contributed by atoms with Gasteiger partial charge in [0.15, 0.2) is 0 Å². The number of fused-ring (bicyclic) bond motifs is 5. The van der Waals surface area contributed by atoms with E-state index in [2.05, 4.69) is 45.1 Å². The SMILES string of the molecule is O=C(c1ccc2nccn2c1)N1C[C@H]2C[C@@H](C1)[C@H](Cc1ccccc1)N1CCCC[C@@H]21. The Morgan fingerprint density at radius 2 is 1.90 bits per heavy atom. The highest BCUT2D eigenvalue weighted by molar-refractivity contribution is 5.94. The van der Waals surface area contributed by atoms with Crippen LogP contribution in [-0.4, -0.2) is 56.8 Å². The number of rotatable bonds is 3. The molecule has 4 atom stereocenters. The van der Waals surface area contributed by atoms with E-state index < -0.39 is 0 Å². The van der Waals surface area contributed by atoms with Crippen molar-refractivity contribution in [2.75, 3.05) is 19.6 Å². The molecule has 0 radical (unpaired) electrons. The van der Waals surface area contributed by atoms with Gasteiger partial charge in [-0.05, 0) is 61.8 Å². The molecule has 31 heavy (non-hydrogen) atoms. The molecule has 3 saturated heterocycles. The third kappa shape index (κ3) is 3.45. The Morgan fingerprint density at radius 3 is 2.81 bits per heavy atom. The molecule has 1 amide bonds. The van der Waals surface area contributed by atoms with Gasteiger partial charge in [-0.15, -0.1) is 0 Å². The fraction of sp³-hybridized carbons (Fsp3) is 0.462. The van der Waals surface area contributed by atoms with E-state index in [1.807, 2.05) is 28.9 Å². The smallest absolute Gasteiger partial charge is 0.255 e. The topological polar surface area (TPSA) is 40.9 Å². The molecule has 160 valence electrons. The minimum atomic E-state index is 0.174. The highest BCUT2D eigenvalue weighted by atomic mass is 16.2. The molecule has 5 heteroatoms. The van der Waals surface area contributed by atoms with Crippen LogP contribution >= 0.6 is 0 Å². The maximum absolute atomic E-state index is 13.5. The van der Waals surface area contributed by atoms with Crippen LogP contribution in [0.5, 0.6) is 0 Å². The maximum Gasteiger partial charge on any atom is 0.255 e. The van der Waals surface area contributed by atoms with Crippen LogP contribution < -0.4 is 0 Å². The van der Waals surface area contributed by atoms with Gasteiger partial charge in [0.25, 0.3) is 5.91 Å². The van der Waals surface area contributed by atoms with Crippen molar-refractivity contribution in [3.8, 4) is 0 Å². The highest BCUT2D eigenvalue weighted by Gasteiger charge is 2.47. The number of hydrogen-bond donors (Lipinski definition) is 0. The average Bonchev–Trinajstić information content (AvgIpc) is 3.30. The molecule has 2 aromatic heterocycles. The van der Waals surface area contributed by atoms with E-state index in [4.69, 9.17) is 0 Å². The van der Waals surface area contributed by atoms with Crippen molar-refractivity contribution >= 4 is 11.6 Å². The molecule has 5 nitrogen and oxygen atoms in total. The van der Waals surface area contributed by atoms with E-state index >= 15 is 0 Å². The third-order valence-corrected chi connectivity index (χ3v) is 7.83. The Kier molecular flexibility index (Phi) is 4.79. The van der Waals surface area contributed by atoms with Gasteiger partial charge in [-0.25, -0.2) is 4.98 Å². The molecular formula is C26H30N4O. The molecule has 3 aromatic rings. The standard InChI is InChI=1S/C26H30N4O/c31-26(20-9-10-25-27-11-13-28(25)16-20)29-17-21-15-22(18-29)24(14-19-6-2-1-3-7-19)30-12-5-4-8-23(21)30/h1-3,6-7,9-11,13,16,21-24H,4-5,8,12,14-15,17-18H2/t21-,22+,23+,24+/m1/s1. The summed E-state index contributed by atoms with van der Waals surface area (Å²) in [6.45, 7) is 2.99. The van der Waals surface area contributed by atoms with Crippen LogP contribution in [0, 0.1) is 11.8 Å². The molecule has 1 aromatic carbocycles. The summed E-state index contributed by atoms with van der Waals surface area (Å²) in [6, 6.07) is 16.0. The van der Waals surface area contributed by atoms with E-state index in [0.717, 1.165) is 30.7 Å². The first-order chi connectivity index (χ1) is 15.3. The van der Waals surface area contributed by atoms with Crippen molar-refractivity contribution in [3.05, 3.63) is 72.2 Å². The van der Waals surface area contributed by atoms with Crippen LogP contribution in [0.3, 0.4) is 0 Å². The van der Waals surface area contributed by atoms with Gasteiger partial charge in [0.2, 0.25) is 0 Å². The molecular weight excluding hydrogens is 384 g/mol. The molecule has 3 fully saturated rings. The molecule has 6 rings (SSSR count). The fourth-order valence-electron chi connectivity index (χ4n) is 6.44. The molecule has 0 saturated carbocycles. The Hall–Kier alpha value is -2.66. The number of nitrogens with zero attached hydrogens (tertiary/aromatic N) is 4. The fourth-order valence-corrected chi connectivity index (χ4v) is 6.44. The Balaban J connectivity index is 1.28. The predicted molar refractivity (Wildman–Crippen MR) is 121 cm³/mol. The Labute approximate surface area is 183 Å². The molecule has 5 heterocycles. The van der Waals surface area contributed by atoms with Crippen LogP contribution in [-0.2, 0) is 6.42 Å². The van der Waals surface area contributed by atoms with E-state index in [0.29, 0.717) is 23.9 Å². The van der Waals surface area contributed by atoms with Gasteiger partial charge in [0.1, 0.15) is 5.65 Å². The van der Waals surface area contributed by atoms with Crippen molar-refractivity contribution in [2.24, 2.45) is 11.8 Å². The number of piperidine rings is 3. The van der Waals surface area contributed by atoms with E-state index in [1.165, 1.54) is 37.8 Å². The zero-order chi connectivity index (χ0) is 20.8. The van der Waals surface area contributed by atoms with Crippen molar-refractivity contribution in [1.82, 2.24) is 19.2 Å². The normalized spacial score (nSPS) is 28.5. The Bertz CT molecular complexity index is 1080. The molecule has 3 aliphatic rings. The molecule has 0 spiro atoms. The second-order valence-electron chi connectivity index (χ2n) is 9.63. The number of pyridine rings is 1. The van der Waals surface area contributed by atoms with Crippen LogP contribution in [0.2, 0.25) is 0 Å². The van der Waals surface area contributed by atoms with Crippen LogP contribution in [0.4, 0.5) is 0 Å². The largest absolute Gasteiger partial charge is 0.338 e. The predicted octanol–water partition coefficient (Wildman–Crippen LogP) is 3.89. The summed E-state index contributed by atoms with van der Waals surface area (Å²) in [4.78, 5) is 22.8. The summed E-state index contributed by atoms with van der Waals surface area (Å²) in [5.41, 5.74) is 3.07. The number of carbonyl (C=O) groups excluding carboxylic acids is 1. The lowest BCUT2D eigenvalue weighted by Crippen LogP contribution is -2.64. The third-order valence-electron chi connectivity index (χ3n) is 7.83. The summed E-state index contributed by atoms with van der Waals surface area (Å²) in [5.74, 6) is 1.33. The highest BCUT2D eigenvalue weighted by Crippen LogP contribution is 2.42. The lowest BCUT2D eigenvalue weighted by atomic mass is 9.71. The summed E-state index contributed by atoms with van der Waals surface area (Å²) in [5, 5.41) is 0. The van der Waals surface area contributed by atoms with Crippen molar-refractivity contribution in [3.63, 3.8) is 0 Å². The van der Waals surface area contributed by atoms with Crippen molar-refractivity contribution in [1.29, 1.82) is 0 Å². The van der Waals surface area contributed by atoms with Crippen molar-refractivity contribution < 1.29 is 4.79 Å². The Morgan fingerprint density at radius 1 is 1.03 bits per heavy atom. The number of hydrogen-bond acceptors (Lipinski definition) is 3. The van der Waals surface area contributed by atoms with Crippen molar-refractivity contribution in [2.45, 2.75) is 44.2 Å². The minimum absolute atomic E-state index is 0.174. The lowest BCUT2D eigenvalue weighted by molar-refractivity contribution is -0.0642. The van der Waals surface area contributed by atoms with Gasteiger partial charge in [-0.2, -0.15) is 0 Å². The first-order valence-electron chi connectivity index (χ1n) is 11.8. The summed E-state index contributed by atoms with van der Waals surface area (Å²) < 4.78 is 1.94. The zero-order valence-electron chi connectivity index (χ0n) is 17.9. The molecule has 3 aliphatic heterocycles. The van der Waals surface area contributed by atoms with Gasteiger partial charge in [-0.3, -0.25) is 9.69 Å². The quantitative estimate of drug-likeness (QED) is 0.653. The number of benzene rings is 1. The first kappa shape index (κ1) is 19.1. The van der Waals surface area contributed by atoms with Gasteiger partial charge in [-0.1, -0.05) is 36.8 Å². The van der Waals surface area contributed by atoms with E-state index in [1.54, 1.807) is 6.20 Å². The molecule has 2 bridgehead atoms. The van der Waals surface area contributed by atoms with Gasteiger partial charge >= 0.3 is 0 Å². The van der Waals surface area contributed by atoms with Crippen LogP contribution in [0.15, 0.2) is 61.1 Å². The average molecular weight is 415 g/mol. The monoisotopic (exact) mass is 414 g/mol. The van der Waals surface area contributed by atoms with E-state index in [9.17, 15) is 4.79 Å². The molecule has 0 N–H and O–H groups in total. The number of amides is 1. The number of likely N-dealkylation sites (tertiary alicyclic amines) is 1. The molecule has 0 unspecified atom stereocenters. The number of imidazole rings is 1. The lowest BCUT2D eigenvalue weighted by Gasteiger charge is -2.57. The van der Waals surface area contributed by atoms with Gasteiger partial charge in [0.05, 0.1) is 5.56 Å². The van der Waals surface area contributed by atoms with Gasteiger partial charge < -0.3 is 9.30 Å².